The Morgan fingerprint density at radius 2 is 1.71 bits per heavy atom. The van der Waals surface area contributed by atoms with Crippen molar-refractivity contribution in [1.29, 1.82) is 0 Å². The second-order valence-electron chi connectivity index (χ2n) is 12.5. The van der Waals surface area contributed by atoms with Crippen LogP contribution in [0.15, 0.2) is 77.9 Å². The highest BCUT2D eigenvalue weighted by atomic mass is 35.5. The van der Waals surface area contributed by atoms with Gasteiger partial charge in [-0.05, 0) is 30.2 Å². The average molecular weight is 745 g/mol. The number of benzene rings is 2. The Kier molecular flexibility index (Phi) is 11.8. The fourth-order valence-corrected chi connectivity index (χ4v) is 6.87. The maximum Gasteiger partial charge on any atom is 0.262 e. The predicted octanol–water partition coefficient (Wildman–Crippen LogP) is 4.36. The van der Waals surface area contributed by atoms with Crippen LogP contribution in [0.4, 0.5) is 0 Å². The first-order valence-corrected chi connectivity index (χ1v) is 17.6. The van der Waals surface area contributed by atoms with Gasteiger partial charge in [-0.15, -0.1) is 0 Å². The molecule has 0 unspecified atom stereocenters. The molecule has 2 amide bonds. The van der Waals surface area contributed by atoms with E-state index < -0.39 is 6.10 Å². The van der Waals surface area contributed by atoms with Crippen LogP contribution in [-0.2, 0) is 22.7 Å². The molecule has 4 heterocycles. The zero-order chi connectivity index (χ0) is 36.8. The van der Waals surface area contributed by atoms with E-state index in [2.05, 4.69) is 26.3 Å². The summed E-state index contributed by atoms with van der Waals surface area (Å²) in [4.78, 5) is 45.5. The quantitative estimate of drug-likeness (QED) is 0.111. The van der Waals surface area contributed by atoms with Crippen molar-refractivity contribution in [3.63, 3.8) is 0 Å². The molecular formula is C38H39Cl2N7O5. The molecule has 1 fully saturated rings. The molecule has 0 spiro atoms. The lowest BCUT2D eigenvalue weighted by Gasteiger charge is -2.16. The van der Waals surface area contributed by atoms with Crippen molar-refractivity contribution in [3.8, 4) is 39.4 Å². The van der Waals surface area contributed by atoms with Gasteiger partial charge in [0.15, 0.2) is 0 Å². The van der Waals surface area contributed by atoms with Crippen LogP contribution in [0.2, 0.25) is 10.0 Å². The number of aliphatic hydroxyl groups is 1. The Morgan fingerprint density at radius 1 is 1.00 bits per heavy atom. The number of hydrogen-bond donors (Lipinski definition) is 5. The zero-order valence-corrected chi connectivity index (χ0v) is 30.2. The first-order valence-electron chi connectivity index (χ1n) is 16.9. The minimum Gasteiger partial charge on any atom is -0.481 e. The second kappa shape index (κ2) is 16.7. The summed E-state index contributed by atoms with van der Waals surface area (Å²) >= 11 is 14.2. The first-order chi connectivity index (χ1) is 25.2. The van der Waals surface area contributed by atoms with E-state index in [1.807, 2.05) is 48.5 Å². The van der Waals surface area contributed by atoms with Crippen molar-refractivity contribution in [2.24, 2.45) is 0 Å². The lowest BCUT2D eigenvalue weighted by molar-refractivity contribution is -0.122. The Bertz CT molecular complexity index is 2180. The van der Waals surface area contributed by atoms with Crippen LogP contribution in [0.1, 0.15) is 30.4 Å². The van der Waals surface area contributed by atoms with E-state index in [0.717, 1.165) is 34.2 Å². The van der Waals surface area contributed by atoms with E-state index in [1.165, 1.54) is 17.6 Å². The first kappa shape index (κ1) is 36.9. The zero-order valence-electron chi connectivity index (χ0n) is 28.7. The Labute approximate surface area is 310 Å². The van der Waals surface area contributed by atoms with Crippen molar-refractivity contribution >= 4 is 40.7 Å². The van der Waals surface area contributed by atoms with Gasteiger partial charge in [0, 0.05) is 91.5 Å². The summed E-state index contributed by atoms with van der Waals surface area (Å²) in [6.45, 7) is 1.52. The number of nitrogens with one attached hydrogen (secondary N) is 4. The number of pyridine rings is 2. The van der Waals surface area contributed by atoms with Crippen LogP contribution in [-0.4, -0.2) is 70.7 Å². The van der Waals surface area contributed by atoms with E-state index in [9.17, 15) is 19.5 Å². The number of methoxy groups -OCH3 is 1. The molecule has 1 saturated heterocycles. The number of hydrogen-bond acceptors (Lipinski definition) is 9. The summed E-state index contributed by atoms with van der Waals surface area (Å²) in [7, 11) is 3.09. The summed E-state index contributed by atoms with van der Waals surface area (Å²) in [5, 5.41) is 22.8. The molecule has 0 radical (unpaired) electrons. The minimum absolute atomic E-state index is 0.0353. The Balaban J connectivity index is 1.21. The van der Waals surface area contributed by atoms with Crippen LogP contribution in [0, 0.1) is 0 Å². The van der Waals surface area contributed by atoms with Crippen LogP contribution in [0.5, 0.6) is 5.88 Å². The van der Waals surface area contributed by atoms with Gasteiger partial charge >= 0.3 is 0 Å². The van der Waals surface area contributed by atoms with E-state index >= 15 is 0 Å². The van der Waals surface area contributed by atoms with Crippen LogP contribution >= 0.6 is 23.2 Å². The molecule has 3 aromatic heterocycles. The fraction of sp³-hybridized carbons (Fsp3) is 0.289. The monoisotopic (exact) mass is 743 g/mol. The summed E-state index contributed by atoms with van der Waals surface area (Å²) in [5.74, 6) is 0.298. The SMILES string of the molecule is CNC(=O)C[C@@H](O)CNCc1cnc2cc(-c3cccc(-c4cccc(-c5ccc(CNC[C@H]6CCC(=O)N6)c(OC)n5)c4Cl)c3Cl)ccn2c1=O. The van der Waals surface area contributed by atoms with Gasteiger partial charge in [-0.1, -0.05) is 65.7 Å². The molecule has 2 atom stereocenters. The number of carbonyl (C=O) groups is 2. The standard InChI is InChI=1S/C38H39Cl2N7O5/c1-41-34(50)16-26(48)21-43-18-24-19-44-32-15-22(13-14-47(32)38(24)51)27-5-3-6-28(35(27)39)29-7-4-8-30(36(29)40)31-11-9-23(37(46-31)52-2)17-42-20-25-10-12-33(49)45-25/h3-9,11,13-15,19,25-26,42-43,48H,10,12,16-18,20-21H2,1-2H3,(H,41,50)(H,45,49)/t25-,26-/m1/s1. The molecule has 14 heteroatoms. The third kappa shape index (κ3) is 8.27. The third-order valence-corrected chi connectivity index (χ3v) is 9.79. The number of aliphatic hydroxyl groups excluding tert-OH is 1. The van der Waals surface area contributed by atoms with Crippen molar-refractivity contribution in [2.75, 3.05) is 27.2 Å². The second-order valence-corrected chi connectivity index (χ2v) is 13.3. The van der Waals surface area contributed by atoms with Gasteiger partial charge in [-0.25, -0.2) is 9.97 Å². The molecule has 5 N–H and O–H groups in total. The van der Waals surface area contributed by atoms with E-state index in [-0.39, 0.29) is 42.9 Å². The van der Waals surface area contributed by atoms with Gasteiger partial charge in [0.1, 0.15) is 5.65 Å². The van der Waals surface area contributed by atoms with Gasteiger partial charge in [-0.3, -0.25) is 18.8 Å². The molecule has 12 nitrogen and oxygen atoms in total. The molecule has 0 aliphatic carbocycles. The van der Waals surface area contributed by atoms with Gasteiger partial charge in [-0.2, -0.15) is 0 Å². The van der Waals surface area contributed by atoms with Crippen molar-refractivity contribution in [2.45, 2.75) is 44.5 Å². The van der Waals surface area contributed by atoms with E-state index in [4.69, 9.17) is 32.9 Å². The molecular weight excluding hydrogens is 705 g/mol. The summed E-state index contributed by atoms with van der Waals surface area (Å²) in [6, 6.07) is 19.0. The molecule has 52 heavy (non-hydrogen) atoms. The number of fused-ring (bicyclic) bond motifs is 1. The van der Waals surface area contributed by atoms with Crippen molar-refractivity contribution < 1.29 is 19.4 Å². The molecule has 0 saturated carbocycles. The summed E-state index contributed by atoms with van der Waals surface area (Å²) < 4.78 is 7.09. The van der Waals surface area contributed by atoms with Gasteiger partial charge in [0.25, 0.3) is 5.56 Å². The number of carbonyl (C=O) groups excluding carboxylic acids is 2. The maximum absolute atomic E-state index is 13.2. The number of ether oxygens (including phenoxy) is 1. The number of halogens is 2. The maximum atomic E-state index is 13.2. The number of amides is 2. The highest BCUT2D eigenvalue weighted by Gasteiger charge is 2.21. The number of rotatable bonds is 14. The van der Waals surface area contributed by atoms with Gasteiger partial charge < -0.3 is 31.1 Å². The minimum atomic E-state index is -0.879. The largest absolute Gasteiger partial charge is 0.481 e. The van der Waals surface area contributed by atoms with Crippen LogP contribution in [0.25, 0.3) is 39.2 Å². The molecule has 1 aliphatic heterocycles. The number of nitrogens with zero attached hydrogens (tertiary/aromatic N) is 3. The normalized spacial score (nSPS) is 14.7. The van der Waals surface area contributed by atoms with E-state index in [0.29, 0.717) is 57.9 Å². The molecule has 270 valence electrons. The van der Waals surface area contributed by atoms with Crippen LogP contribution in [0.3, 0.4) is 0 Å². The Hall–Kier alpha value is -4.85. The van der Waals surface area contributed by atoms with Crippen molar-refractivity contribution in [3.05, 3.63) is 105 Å². The highest BCUT2D eigenvalue weighted by molar-refractivity contribution is 6.39. The van der Waals surface area contributed by atoms with E-state index in [1.54, 1.807) is 25.4 Å². The summed E-state index contributed by atoms with van der Waals surface area (Å²) in [5.41, 5.74) is 5.80. The molecule has 6 rings (SSSR count). The number of aromatic nitrogens is 3. The molecule has 0 bridgehead atoms. The molecule has 5 aromatic rings. The molecule has 1 aliphatic rings. The van der Waals surface area contributed by atoms with Gasteiger partial charge in [0.2, 0.25) is 17.7 Å². The lowest BCUT2D eigenvalue weighted by atomic mass is 9.97. The highest BCUT2D eigenvalue weighted by Crippen LogP contribution is 2.42. The summed E-state index contributed by atoms with van der Waals surface area (Å²) in [6.07, 6.45) is 3.63. The van der Waals surface area contributed by atoms with Gasteiger partial charge in [0.05, 0.1) is 35.4 Å². The molecule has 2 aromatic carbocycles. The lowest BCUT2D eigenvalue weighted by Crippen LogP contribution is -2.35. The van der Waals surface area contributed by atoms with Crippen LogP contribution < -0.4 is 31.6 Å². The predicted molar refractivity (Wildman–Crippen MR) is 201 cm³/mol. The third-order valence-electron chi connectivity index (χ3n) is 8.97. The topological polar surface area (TPSA) is 159 Å². The Morgan fingerprint density at radius 3 is 2.42 bits per heavy atom. The average Bonchev–Trinajstić information content (AvgIpc) is 3.57. The smallest absolute Gasteiger partial charge is 0.262 e. The van der Waals surface area contributed by atoms with Crippen molar-refractivity contribution in [1.82, 2.24) is 35.6 Å². The fourth-order valence-electron chi connectivity index (χ4n) is 6.21.